The van der Waals surface area contributed by atoms with Gasteiger partial charge in [-0.1, -0.05) is 0 Å². The van der Waals surface area contributed by atoms with Gasteiger partial charge in [0.05, 0.1) is 0 Å². The summed E-state index contributed by atoms with van der Waals surface area (Å²) in [6.45, 7) is 6.04. The Hall–Kier alpha value is -0.491. The zero-order chi connectivity index (χ0) is 13.0. The first-order chi connectivity index (χ1) is 7.75. The molecule has 0 bridgehead atoms. The molecule has 0 N–H and O–H groups in total. The van der Waals surface area contributed by atoms with Crippen LogP contribution in [0, 0.1) is 20.8 Å². The third-order valence-electron chi connectivity index (χ3n) is 3.49. The van der Waals surface area contributed by atoms with E-state index in [1.54, 1.807) is 0 Å². The van der Waals surface area contributed by atoms with E-state index in [1.807, 2.05) is 19.1 Å². The minimum absolute atomic E-state index is 0.280. The van der Waals surface area contributed by atoms with Crippen LogP contribution < -0.4 is 3.58 Å². The van der Waals surface area contributed by atoms with Crippen molar-refractivity contribution >= 4 is 47.0 Å². The molecule has 1 heterocycles. The van der Waals surface area contributed by atoms with E-state index >= 15 is 0 Å². The number of hydrogen-bond acceptors (Lipinski definition) is 2. The van der Waals surface area contributed by atoms with Crippen LogP contribution in [-0.4, -0.2) is 41.2 Å². The van der Waals surface area contributed by atoms with E-state index in [4.69, 9.17) is 0 Å². The molecule has 0 fully saturated rings. The van der Waals surface area contributed by atoms with Crippen LogP contribution in [0.1, 0.15) is 16.8 Å². The number of fused-ring (bicyclic) bond motifs is 1. The number of benzene rings is 1. The van der Waals surface area contributed by atoms with Gasteiger partial charge in [0, 0.05) is 0 Å². The molecule has 2 aromatic rings. The second-order valence-electron chi connectivity index (χ2n) is 4.64. The monoisotopic (exact) mass is 359 g/mol. The Morgan fingerprint density at radius 3 is 2.29 bits per heavy atom. The van der Waals surface area contributed by atoms with Gasteiger partial charge in [-0.25, -0.2) is 0 Å². The first kappa shape index (κ1) is 13.0. The Bertz CT molecular complexity index is 714. The van der Waals surface area contributed by atoms with Gasteiger partial charge in [-0.3, -0.25) is 0 Å². The fourth-order valence-electron chi connectivity index (χ4n) is 2.39. The Kier molecular flexibility index (Phi) is 3.06. The van der Waals surface area contributed by atoms with Gasteiger partial charge in [0.15, 0.2) is 0 Å². The van der Waals surface area contributed by atoms with Crippen LogP contribution >= 0.6 is 0 Å². The number of aromatic nitrogens is 1. The Morgan fingerprint density at radius 2 is 1.76 bits per heavy atom. The molecule has 3 nitrogen and oxygen atoms in total. The van der Waals surface area contributed by atoms with Crippen LogP contribution in [0.5, 0.6) is 0 Å². The van der Waals surface area contributed by atoms with Crippen molar-refractivity contribution in [3.8, 4) is 0 Å². The van der Waals surface area contributed by atoms with Crippen LogP contribution in [0.15, 0.2) is 12.1 Å². The first-order valence-corrected chi connectivity index (χ1v) is 10.2. The van der Waals surface area contributed by atoms with Crippen molar-refractivity contribution in [1.82, 2.24) is 3.97 Å². The molecule has 1 aromatic heterocycles. The normalized spacial score (nSPS) is 12.5. The molecule has 0 spiro atoms. The summed E-state index contributed by atoms with van der Waals surface area (Å²) in [5.74, 6) is 0. The fraction of sp³-hybridized carbons (Fsp3) is 0.333. The van der Waals surface area contributed by atoms with Gasteiger partial charge in [-0.2, -0.15) is 0 Å². The fourth-order valence-corrected chi connectivity index (χ4v) is 6.43. The number of aryl methyl sites for hydroxylation is 2. The maximum atomic E-state index is 11.9. The van der Waals surface area contributed by atoms with Crippen molar-refractivity contribution in [2.24, 2.45) is 0 Å². The first-order valence-electron chi connectivity index (χ1n) is 5.53. The Balaban J connectivity index is 3.09. The van der Waals surface area contributed by atoms with E-state index < -0.39 is 10.0 Å². The molecule has 0 atom stereocenters. The summed E-state index contributed by atoms with van der Waals surface area (Å²) in [7, 11) is -3.22. The summed E-state index contributed by atoms with van der Waals surface area (Å²) in [5, 5.41) is 1.16. The third-order valence-corrected chi connectivity index (χ3v) is 8.11. The molecule has 1 aromatic carbocycles. The molecule has 92 valence electrons. The van der Waals surface area contributed by atoms with Gasteiger partial charge in [-0.15, -0.1) is 0 Å². The standard InChI is InChI=1S/C12H14NO2S.Sn.3H/c1-8-5-6-12-11(10(8)3)7-9(2)13(12)16(4,14)15;;;;/h5-6H,1-4H3;;;;. The molecule has 0 unspecified atom stereocenters. The van der Waals surface area contributed by atoms with Crippen LogP contribution in [0.4, 0.5) is 0 Å². The minimum atomic E-state index is -3.22. The molecule has 17 heavy (non-hydrogen) atoms. The van der Waals surface area contributed by atoms with E-state index in [1.165, 1.54) is 24.9 Å². The van der Waals surface area contributed by atoms with Gasteiger partial charge in [0.25, 0.3) is 0 Å². The van der Waals surface area contributed by atoms with Crippen molar-refractivity contribution in [2.75, 3.05) is 6.26 Å². The second kappa shape index (κ2) is 4.02. The van der Waals surface area contributed by atoms with Crippen LogP contribution in [0.2, 0.25) is 0 Å². The van der Waals surface area contributed by atoms with Gasteiger partial charge in [-0.05, 0) is 0 Å². The average Bonchev–Trinajstić information content (AvgIpc) is 2.46. The second-order valence-corrected chi connectivity index (χ2v) is 9.32. The van der Waals surface area contributed by atoms with Crippen molar-refractivity contribution < 1.29 is 8.42 Å². The molecule has 0 aliphatic carbocycles. The zero-order valence-electron chi connectivity index (χ0n) is 10.8. The van der Waals surface area contributed by atoms with E-state index in [0.717, 1.165) is 16.6 Å². The molecule has 0 amide bonds. The molecule has 0 radical (unpaired) electrons. The Morgan fingerprint density at radius 1 is 1.18 bits per heavy atom. The molecule has 0 aliphatic heterocycles. The number of nitrogens with zero attached hydrogens (tertiary/aromatic N) is 1. The summed E-state index contributed by atoms with van der Waals surface area (Å²) < 4.78 is 26.5. The molecule has 5 heteroatoms. The van der Waals surface area contributed by atoms with Crippen molar-refractivity contribution in [2.45, 2.75) is 20.8 Å². The molecule has 0 saturated heterocycles. The van der Waals surface area contributed by atoms with Gasteiger partial charge in [0.2, 0.25) is 0 Å². The van der Waals surface area contributed by atoms with Crippen molar-refractivity contribution in [3.63, 3.8) is 0 Å². The molecular formula is C12H17NO2SSn. The predicted octanol–water partition coefficient (Wildman–Crippen LogP) is 0.365. The van der Waals surface area contributed by atoms with E-state index in [0.29, 0.717) is 0 Å². The maximum absolute atomic E-state index is 11.9. The van der Waals surface area contributed by atoms with Crippen LogP contribution in [-0.2, 0) is 10.0 Å². The van der Waals surface area contributed by atoms with Gasteiger partial charge in [0.1, 0.15) is 0 Å². The molecular weight excluding hydrogens is 341 g/mol. The van der Waals surface area contributed by atoms with E-state index in [-0.39, 0.29) is 22.5 Å². The molecule has 2 rings (SSSR count). The topological polar surface area (TPSA) is 39.1 Å². The summed E-state index contributed by atoms with van der Waals surface area (Å²) in [5.41, 5.74) is 4.16. The van der Waals surface area contributed by atoms with E-state index in [2.05, 4.69) is 13.8 Å². The van der Waals surface area contributed by atoms with Crippen LogP contribution in [0.3, 0.4) is 0 Å². The summed E-state index contributed by atoms with van der Waals surface area (Å²) in [6.07, 6.45) is 1.27. The van der Waals surface area contributed by atoms with Gasteiger partial charge < -0.3 is 0 Å². The van der Waals surface area contributed by atoms with E-state index in [9.17, 15) is 8.42 Å². The van der Waals surface area contributed by atoms with Crippen molar-refractivity contribution in [1.29, 1.82) is 0 Å². The molecule has 0 aliphatic rings. The third kappa shape index (κ3) is 1.91. The number of hydrogen-bond donors (Lipinski definition) is 0. The van der Waals surface area contributed by atoms with Gasteiger partial charge >= 0.3 is 115 Å². The summed E-state index contributed by atoms with van der Waals surface area (Å²) in [6, 6.07) is 3.92. The Labute approximate surface area is 115 Å². The zero-order valence-corrected chi connectivity index (χ0v) is 17.4. The van der Waals surface area contributed by atoms with Crippen LogP contribution in [0.25, 0.3) is 10.9 Å². The van der Waals surface area contributed by atoms with Crippen molar-refractivity contribution in [3.05, 3.63) is 29.0 Å². The summed E-state index contributed by atoms with van der Waals surface area (Å²) >= 11 is 0.280. The summed E-state index contributed by atoms with van der Waals surface area (Å²) in [4.78, 5) is 0. The predicted molar refractivity (Wildman–Crippen MR) is 76.0 cm³/mol. The molecule has 0 saturated carbocycles. The SMILES string of the molecule is Cc1ccc2c(c1C)[c]([SnH3])c(C)n2S(C)(=O)=O. The number of rotatable bonds is 1. The average molecular weight is 358 g/mol. The quantitative estimate of drug-likeness (QED) is 0.691.